The Morgan fingerprint density at radius 3 is 2.73 bits per heavy atom. The van der Waals surface area contributed by atoms with Crippen molar-refractivity contribution in [1.82, 2.24) is 4.90 Å². The van der Waals surface area contributed by atoms with Crippen LogP contribution in [0.5, 0.6) is 0 Å². The van der Waals surface area contributed by atoms with Crippen LogP contribution in [-0.4, -0.2) is 49.0 Å². The number of ether oxygens (including phenoxy) is 1. The topological polar surface area (TPSA) is 32.7 Å². The van der Waals surface area contributed by atoms with Gasteiger partial charge in [-0.25, -0.2) is 0 Å². The molecule has 2 aliphatic rings. The zero-order valence-electron chi connectivity index (χ0n) is 9.91. The molecular weight excluding hydrogens is 190 g/mol. The van der Waals surface area contributed by atoms with E-state index in [1.165, 1.54) is 12.8 Å². The van der Waals surface area contributed by atoms with E-state index in [-0.39, 0.29) is 5.60 Å². The second-order valence-corrected chi connectivity index (χ2v) is 5.21. The molecule has 2 fully saturated rings. The molecule has 3 heteroatoms. The van der Waals surface area contributed by atoms with Gasteiger partial charge in [0.05, 0.1) is 12.2 Å². The highest BCUT2D eigenvalue weighted by atomic mass is 16.5. The maximum absolute atomic E-state index is 10.6. The minimum atomic E-state index is -0.358. The molecule has 0 aromatic heterocycles. The van der Waals surface area contributed by atoms with Crippen LogP contribution in [0.15, 0.2) is 0 Å². The molecule has 0 aromatic rings. The Hall–Kier alpha value is -0.120. The fraction of sp³-hybridized carbons (Fsp3) is 1.00. The van der Waals surface area contributed by atoms with Crippen molar-refractivity contribution in [2.75, 3.05) is 33.4 Å². The minimum Gasteiger partial charge on any atom is -0.389 e. The lowest BCUT2D eigenvalue weighted by Crippen LogP contribution is -2.52. The van der Waals surface area contributed by atoms with Gasteiger partial charge in [-0.05, 0) is 31.1 Å². The van der Waals surface area contributed by atoms with Gasteiger partial charge in [-0.1, -0.05) is 6.92 Å². The summed E-state index contributed by atoms with van der Waals surface area (Å²) in [6.45, 7) is 6.05. The van der Waals surface area contributed by atoms with Crippen LogP contribution < -0.4 is 0 Å². The van der Waals surface area contributed by atoms with E-state index in [9.17, 15) is 5.11 Å². The monoisotopic (exact) mass is 213 g/mol. The fourth-order valence-electron chi connectivity index (χ4n) is 2.83. The standard InChI is InChI=1S/C12H23NO2/c1-10-9-13(7-8-15-2)6-5-12(10,14)11-3-4-11/h10-11,14H,3-9H2,1-2H3/t10-,12+/m1/s1. The quantitative estimate of drug-likeness (QED) is 0.759. The second-order valence-electron chi connectivity index (χ2n) is 5.21. The van der Waals surface area contributed by atoms with Crippen LogP contribution in [0.4, 0.5) is 0 Å². The minimum absolute atomic E-state index is 0.358. The van der Waals surface area contributed by atoms with E-state index < -0.39 is 0 Å². The van der Waals surface area contributed by atoms with Crippen molar-refractivity contribution in [3.63, 3.8) is 0 Å². The highest BCUT2D eigenvalue weighted by molar-refractivity contribution is 5.01. The third kappa shape index (κ3) is 2.35. The lowest BCUT2D eigenvalue weighted by molar-refractivity contribution is -0.0838. The summed E-state index contributed by atoms with van der Waals surface area (Å²) in [6.07, 6.45) is 3.42. The predicted molar refractivity (Wildman–Crippen MR) is 59.8 cm³/mol. The van der Waals surface area contributed by atoms with Crippen LogP contribution >= 0.6 is 0 Å². The zero-order chi connectivity index (χ0) is 10.9. The van der Waals surface area contributed by atoms with Crippen LogP contribution in [0.2, 0.25) is 0 Å². The normalized spacial score (nSPS) is 38.2. The van der Waals surface area contributed by atoms with Gasteiger partial charge in [-0.15, -0.1) is 0 Å². The van der Waals surface area contributed by atoms with Gasteiger partial charge < -0.3 is 14.7 Å². The first-order valence-electron chi connectivity index (χ1n) is 6.10. The van der Waals surface area contributed by atoms with Crippen molar-refractivity contribution < 1.29 is 9.84 Å². The number of methoxy groups -OCH3 is 1. The molecule has 1 aliphatic carbocycles. The molecule has 3 nitrogen and oxygen atoms in total. The van der Waals surface area contributed by atoms with E-state index in [1.807, 2.05) is 0 Å². The number of rotatable bonds is 4. The van der Waals surface area contributed by atoms with E-state index in [4.69, 9.17) is 4.74 Å². The van der Waals surface area contributed by atoms with Crippen molar-refractivity contribution in [2.24, 2.45) is 11.8 Å². The van der Waals surface area contributed by atoms with Crippen molar-refractivity contribution in [1.29, 1.82) is 0 Å². The number of aliphatic hydroxyl groups is 1. The van der Waals surface area contributed by atoms with Gasteiger partial charge in [0.25, 0.3) is 0 Å². The molecule has 1 N–H and O–H groups in total. The summed E-state index contributed by atoms with van der Waals surface area (Å²) in [6, 6.07) is 0. The molecule has 2 rings (SSSR count). The smallest absolute Gasteiger partial charge is 0.0725 e. The third-order valence-electron chi connectivity index (χ3n) is 4.11. The van der Waals surface area contributed by atoms with Gasteiger partial charge in [0, 0.05) is 26.7 Å². The molecule has 0 radical (unpaired) electrons. The molecule has 0 bridgehead atoms. The SMILES string of the molecule is COCCN1CC[C@@](O)(C2CC2)[C@H](C)C1. The summed E-state index contributed by atoms with van der Waals surface area (Å²) < 4.78 is 5.09. The molecule has 1 saturated carbocycles. The second kappa shape index (κ2) is 4.40. The number of nitrogens with zero attached hydrogens (tertiary/aromatic N) is 1. The van der Waals surface area contributed by atoms with Gasteiger partial charge in [0.2, 0.25) is 0 Å². The van der Waals surface area contributed by atoms with Crippen LogP contribution in [0.3, 0.4) is 0 Å². The summed E-state index contributed by atoms with van der Waals surface area (Å²) in [5.74, 6) is 1.01. The molecule has 1 heterocycles. The Morgan fingerprint density at radius 1 is 1.47 bits per heavy atom. The number of piperidine rings is 1. The largest absolute Gasteiger partial charge is 0.389 e. The maximum Gasteiger partial charge on any atom is 0.0725 e. The Labute approximate surface area is 92.4 Å². The lowest BCUT2D eigenvalue weighted by atomic mass is 9.78. The van der Waals surface area contributed by atoms with E-state index in [1.54, 1.807) is 7.11 Å². The van der Waals surface area contributed by atoms with Gasteiger partial charge in [-0.3, -0.25) is 0 Å². The van der Waals surface area contributed by atoms with Crippen molar-refractivity contribution >= 4 is 0 Å². The average Bonchev–Trinajstić information content (AvgIpc) is 3.03. The van der Waals surface area contributed by atoms with Crippen molar-refractivity contribution in [3.8, 4) is 0 Å². The van der Waals surface area contributed by atoms with E-state index >= 15 is 0 Å². The molecule has 1 aliphatic heterocycles. The summed E-state index contributed by atoms with van der Waals surface area (Å²) in [5, 5.41) is 10.6. The van der Waals surface area contributed by atoms with Gasteiger partial charge in [-0.2, -0.15) is 0 Å². The zero-order valence-corrected chi connectivity index (χ0v) is 9.91. The van der Waals surface area contributed by atoms with E-state index in [2.05, 4.69) is 11.8 Å². The van der Waals surface area contributed by atoms with E-state index in [0.717, 1.165) is 32.7 Å². The lowest BCUT2D eigenvalue weighted by Gasteiger charge is -2.43. The summed E-state index contributed by atoms with van der Waals surface area (Å²) in [4.78, 5) is 2.41. The van der Waals surface area contributed by atoms with Gasteiger partial charge in [0.15, 0.2) is 0 Å². The first-order chi connectivity index (χ1) is 7.16. The van der Waals surface area contributed by atoms with E-state index in [0.29, 0.717) is 11.8 Å². The molecule has 2 atom stereocenters. The predicted octanol–water partition coefficient (Wildman–Crippen LogP) is 1.12. The van der Waals surface area contributed by atoms with Gasteiger partial charge >= 0.3 is 0 Å². The first-order valence-corrected chi connectivity index (χ1v) is 6.10. The number of hydrogen-bond acceptors (Lipinski definition) is 3. The first kappa shape index (κ1) is 11.4. The van der Waals surface area contributed by atoms with Crippen LogP contribution in [0.25, 0.3) is 0 Å². The molecule has 15 heavy (non-hydrogen) atoms. The Kier molecular flexibility index (Phi) is 3.33. The highest BCUT2D eigenvalue weighted by Gasteiger charge is 2.49. The molecule has 0 spiro atoms. The average molecular weight is 213 g/mol. The summed E-state index contributed by atoms with van der Waals surface area (Å²) in [7, 11) is 1.74. The summed E-state index contributed by atoms with van der Waals surface area (Å²) >= 11 is 0. The Bertz CT molecular complexity index is 218. The number of likely N-dealkylation sites (tertiary alicyclic amines) is 1. The Balaban J connectivity index is 1.85. The van der Waals surface area contributed by atoms with Crippen molar-refractivity contribution in [2.45, 2.75) is 31.8 Å². The molecule has 0 amide bonds. The number of hydrogen-bond donors (Lipinski definition) is 1. The highest BCUT2D eigenvalue weighted by Crippen LogP contribution is 2.47. The Morgan fingerprint density at radius 2 is 2.20 bits per heavy atom. The maximum atomic E-state index is 10.6. The molecule has 0 aromatic carbocycles. The fourth-order valence-corrected chi connectivity index (χ4v) is 2.83. The van der Waals surface area contributed by atoms with Crippen LogP contribution in [0, 0.1) is 11.8 Å². The molecule has 1 saturated heterocycles. The molecular formula is C12H23NO2. The summed E-state index contributed by atoms with van der Waals surface area (Å²) in [5.41, 5.74) is -0.358. The van der Waals surface area contributed by atoms with Gasteiger partial charge in [0.1, 0.15) is 0 Å². The van der Waals surface area contributed by atoms with Crippen LogP contribution in [0.1, 0.15) is 26.2 Å². The molecule has 0 unspecified atom stereocenters. The van der Waals surface area contributed by atoms with Crippen LogP contribution in [-0.2, 0) is 4.74 Å². The van der Waals surface area contributed by atoms with Crippen molar-refractivity contribution in [3.05, 3.63) is 0 Å². The molecule has 88 valence electrons. The third-order valence-corrected chi connectivity index (χ3v) is 4.11.